The molecule has 1 heterocycles. The van der Waals surface area contributed by atoms with Gasteiger partial charge < -0.3 is 9.88 Å². The molecule has 0 aliphatic heterocycles. The zero-order valence-corrected chi connectivity index (χ0v) is 11.2. The third kappa shape index (κ3) is 2.86. The summed E-state index contributed by atoms with van der Waals surface area (Å²) in [6.07, 6.45) is 2.63. The Bertz CT molecular complexity index is 622. The highest BCUT2D eigenvalue weighted by Crippen LogP contribution is 2.27. The summed E-state index contributed by atoms with van der Waals surface area (Å²) in [7, 11) is 0. The standard InChI is InChI=1S/C14H13F5N2/c1-2-5-21-6-3-4-8(21)7-20-14-12(18)10(16)9(15)11(17)13(14)19/h3-4,6,20H,2,5,7H2,1H3. The normalized spacial score (nSPS) is 11.0. The minimum absolute atomic E-state index is 0.0502. The van der Waals surface area contributed by atoms with Crippen LogP contribution in [0.3, 0.4) is 0 Å². The maximum absolute atomic E-state index is 13.5. The Balaban J connectivity index is 2.26. The smallest absolute Gasteiger partial charge is 0.200 e. The maximum Gasteiger partial charge on any atom is 0.200 e. The van der Waals surface area contributed by atoms with Gasteiger partial charge in [-0.3, -0.25) is 0 Å². The molecule has 0 aliphatic carbocycles. The van der Waals surface area contributed by atoms with Gasteiger partial charge in [0.05, 0.1) is 6.54 Å². The molecule has 1 aromatic carbocycles. The predicted molar refractivity (Wildman–Crippen MR) is 68.3 cm³/mol. The van der Waals surface area contributed by atoms with Crippen LogP contribution >= 0.6 is 0 Å². The molecule has 0 atom stereocenters. The molecule has 1 aromatic heterocycles. The molecule has 2 nitrogen and oxygen atoms in total. The van der Waals surface area contributed by atoms with Gasteiger partial charge in [0, 0.05) is 18.4 Å². The number of aromatic nitrogens is 1. The summed E-state index contributed by atoms with van der Waals surface area (Å²) in [5, 5.41) is 2.27. The number of anilines is 1. The monoisotopic (exact) mass is 304 g/mol. The van der Waals surface area contributed by atoms with E-state index >= 15 is 0 Å². The highest BCUT2D eigenvalue weighted by molar-refractivity contribution is 5.48. The highest BCUT2D eigenvalue weighted by Gasteiger charge is 2.25. The van der Waals surface area contributed by atoms with Crippen molar-refractivity contribution in [3.63, 3.8) is 0 Å². The van der Waals surface area contributed by atoms with Crippen molar-refractivity contribution >= 4 is 5.69 Å². The minimum atomic E-state index is -2.16. The van der Waals surface area contributed by atoms with Gasteiger partial charge in [-0.2, -0.15) is 0 Å². The van der Waals surface area contributed by atoms with E-state index in [0.29, 0.717) is 12.2 Å². The Hall–Kier alpha value is -2.05. The van der Waals surface area contributed by atoms with Crippen LogP contribution < -0.4 is 5.32 Å². The molecule has 21 heavy (non-hydrogen) atoms. The minimum Gasteiger partial charge on any atom is -0.375 e. The largest absolute Gasteiger partial charge is 0.375 e. The lowest BCUT2D eigenvalue weighted by molar-refractivity contribution is 0.381. The van der Waals surface area contributed by atoms with Crippen molar-refractivity contribution in [1.29, 1.82) is 0 Å². The summed E-state index contributed by atoms with van der Waals surface area (Å²) in [6, 6.07) is 3.44. The van der Waals surface area contributed by atoms with Crippen molar-refractivity contribution in [3.05, 3.63) is 53.1 Å². The molecule has 0 spiro atoms. The summed E-state index contributed by atoms with van der Waals surface area (Å²) in [4.78, 5) is 0. The van der Waals surface area contributed by atoms with Gasteiger partial charge in [-0.25, -0.2) is 22.0 Å². The van der Waals surface area contributed by atoms with Crippen LogP contribution in [-0.4, -0.2) is 4.57 Å². The summed E-state index contributed by atoms with van der Waals surface area (Å²) in [5.41, 5.74) is -0.337. The third-order valence-electron chi connectivity index (χ3n) is 3.04. The van der Waals surface area contributed by atoms with Crippen LogP contribution in [-0.2, 0) is 13.1 Å². The maximum atomic E-state index is 13.5. The lowest BCUT2D eigenvalue weighted by Gasteiger charge is -2.12. The van der Waals surface area contributed by atoms with Crippen LogP contribution in [0.2, 0.25) is 0 Å². The predicted octanol–water partition coefficient (Wildman–Crippen LogP) is 4.21. The highest BCUT2D eigenvalue weighted by atomic mass is 19.2. The van der Waals surface area contributed by atoms with Gasteiger partial charge in [0.25, 0.3) is 0 Å². The molecular weight excluding hydrogens is 291 g/mol. The molecule has 1 N–H and O–H groups in total. The lowest BCUT2D eigenvalue weighted by Crippen LogP contribution is -2.12. The summed E-state index contributed by atoms with van der Waals surface area (Å²) in [6.45, 7) is 2.60. The van der Waals surface area contributed by atoms with E-state index in [2.05, 4.69) is 5.32 Å². The molecule has 0 unspecified atom stereocenters. The number of halogens is 5. The second kappa shape index (κ2) is 6.15. The van der Waals surface area contributed by atoms with Crippen LogP contribution in [0.15, 0.2) is 18.3 Å². The van der Waals surface area contributed by atoms with Gasteiger partial charge >= 0.3 is 0 Å². The number of nitrogens with zero attached hydrogens (tertiary/aromatic N) is 1. The zero-order chi connectivity index (χ0) is 15.6. The molecule has 0 amide bonds. The number of hydrogen-bond donors (Lipinski definition) is 1. The Morgan fingerprint density at radius 2 is 1.52 bits per heavy atom. The molecule has 0 aliphatic rings. The fourth-order valence-electron chi connectivity index (χ4n) is 2.01. The van der Waals surface area contributed by atoms with Crippen LogP contribution in [0.4, 0.5) is 27.6 Å². The van der Waals surface area contributed by atoms with Crippen molar-refractivity contribution in [2.75, 3.05) is 5.32 Å². The average Bonchev–Trinajstić information content (AvgIpc) is 2.91. The molecule has 2 aromatic rings. The first-order valence-electron chi connectivity index (χ1n) is 6.36. The van der Waals surface area contributed by atoms with E-state index in [9.17, 15) is 22.0 Å². The number of benzene rings is 1. The molecule has 0 saturated carbocycles. The van der Waals surface area contributed by atoms with Gasteiger partial charge in [-0.15, -0.1) is 0 Å². The first-order valence-corrected chi connectivity index (χ1v) is 6.36. The van der Waals surface area contributed by atoms with Crippen molar-refractivity contribution < 1.29 is 22.0 Å². The molecule has 0 radical (unpaired) electrons. The quantitative estimate of drug-likeness (QED) is 0.497. The molecule has 7 heteroatoms. The Morgan fingerprint density at radius 3 is 2.10 bits per heavy atom. The first-order chi connectivity index (χ1) is 9.97. The van der Waals surface area contributed by atoms with E-state index in [-0.39, 0.29) is 6.54 Å². The molecule has 0 bridgehead atoms. The molecular formula is C14H13F5N2. The lowest BCUT2D eigenvalue weighted by atomic mass is 10.2. The van der Waals surface area contributed by atoms with E-state index in [1.165, 1.54) is 0 Å². The van der Waals surface area contributed by atoms with Crippen LogP contribution in [0.1, 0.15) is 19.0 Å². The van der Waals surface area contributed by atoms with E-state index in [0.717, 1.165) is 6.42 Å². The van der Waals surface area contributed by atoms with Crippen molar-refractivity contribution in [1.82, 2.24) is 4.57 Å². The molecule has 0 fully saturated rings. The van der Waals surface area contributed by atoms with E-state index in [4.69, 9.17) is 0 Å². The second-order valence-corrected chi connectivity index (χ2v) is 4.49. The van der Waals surface area contributed by atoms with Gasteiger partial charge in [0.2, 0.25) is 5.82 Å². The summed E-state index contributed by atoms with van der Waals surface area (Å²) in [5.74, 6) is -9.80. The SMILES string of the molecule is CCCn1cccc1CNc1c(F)c(F)c(F)c(F)c1F. The van der Waals surface area contributed by atoms with E-state index in [1.54, 1.807) is 18.3 Å². The Kier molecular flexibility index (Phi) is 4.50. The van der Waals surface area contributed by atoms with Crippen molar-refractivity contribution in [3.8, 4) is 0 Å². The number of nitrogens with one attached hydrogen (secondary N) is 1. The number of hydrogen-bond acceptors (Lipinski definition) is 1. The number of rotatable bonds is 5. The molecule has 114 valence electrons. The van der Waals surface area contributed by atoms with E-state index < -0.39 is 34.8 Å². The van der Waals surface area contributed by atoms with Crippen molar-refractivity contribution in [2.24, 2.45) is 0 Å². The summed E-state index contributed by atoms with van der Waals surface area (Å²) >= 11 is 0. The van der Waals surface area contributed by atoms with Crippen LogP contribution in [0.25, 0.3) is 0 Å². The Labute approximate surface area is 118 Å². The fourth-order valence-corrected chi connectivity index (χ4v) is 2.01. The fraction of sp³-hybridized carbons (Fsp3) is 0.286. The first kappa shape index (κ1) is 15.3. The van der Waals surface area contributed by atoms with Crippen molar-refractivity contribution in [2.45, 2.75) is 26.4 Å². The van der Waals surface area contributed by atoms with Crippen LogP contribution in [0.5, 0.6) is 0 Å². The van der Waals surface area contributed by atoms with E-state index in [1.807, 2.05) is 11.5 Å². The van der Waals surface area contributed by atoms with Gasteiger partial charge in [-0.05, 0) is 18.6 Å². The second-order valence-electron chi connectivity index (χ2n) is 4.49. The molecule has 0 saturated heterocycles. The molecule has 2 rings (SSSR count). The van der Waals surface area contributed by atoms with Gasteiger partial charge in [0.15, 0.2) is 23.3 Å². The van der Waals surface area contributed by atoms with Gasteiger partial charge in [-0.1, -0.05) is 6.92 Å². The van der Waals surface area contributed by atoms with Crippen LogP contribution in [0, 0.1) is 29.1 Å². The van der Waals surface area contributed by atoms with Gasteiger partial charge in [0.1, 0.15) is 5.69 Å². The average molecular weight is 304 g/mol. The number of aryl methyl sites for hydroxylation is 1. The Morgan fingerprint density at radius 1 is 0.952 bits per heavy atom. The zero-order valence-electron chi connectivity index (χ0n) is 11.2. The third-order valence-corrected chi connectivity index (χ3v) is 3.04. The topological polar surface area (TPSA) is 17.0 Å². The summed E-state index contributed by atoms with van der Waals surface area (Å²) < 4.78 is 67.9.